The average Bonchev–Trinajstić information content (AvgIpc) is 2.72. The van der Waals surface area contributed by atoms with Gasteiger partial charge >= 0.3 is 0 Å². The molecule has 138 valence electrons. The van der Waals surface area contributed by atoms with Crippen LogP contribution in [0.2, 0.25) is 0 Å². The van der Waals surface area contributed by atoms with Gasteiger partial charge in [-0.25, -0.2) is 0 Å². The highest BCUT2D eigenvalue weighted by molar-refractivity contribution is 5.76. The Bertz CT molecular complexity index is 708. The molecule has 26 heavy (non-hydrogen) atoms. The summed E-state index contributed by atoms with van der Waals surface area (Å²) in [4.78, 5) is 12.4. The molecule has 1 aliphatic heterocycles. The first-order valence-corrected chi connectivity index (χ1v) is 9.25. The molecule has 4 nitrogen and oxygen atoms in total. The third-order valence-corrected chi connectivity index (χ3v) is 5.24. The van der Waals surface area contributed by atoms with Gasteiger partial charge in [-0.05, 0) is 30.9 Å². The minimum absolute atomic E-state index is 0.0922. The summed E-state index contributed by atoms with van der Waals surface area (Å²) in [6, 6.07) is 18.2. The van der Waals surface area contributed by atoms with Crippen molar-refractivity contribution in [1.29, 1.82) is 0 Å². The Hall–Kier alpha value is -2.33. The maximum absolute atomic E-state index is 12.4. The molecule has 1 N–H and O–H groups in total. The fraction of sp³-hybridized carbons (Fsp3) is 0.409. The van der Waals surface area contributed by atoms with E-state index in [4.69, 9.17) is 9.47 Å². The Balaban J connectivity index is 1.66. The van der Waals surface area contributed by atoms with Gasteiger partial charge in [-0.2, -0.15) is 0 Å². The van der Waals surface area contributed by atoms with Crippen molar-refractivity contribution in [2.45, 2.75) is 31.1 Å². The maximum Gasteiger partial charge on any atom is 0.220 e. The van der Waals surface area contributed by atoms with Crippen molar-refractivity contribution < 1.29 is 14.3 Å². The predicted octanol–water partition coefficient (Wildman–Crippen LogP) is 3.49. The summed E-state index contributed by atoms with van der Waals surface area (Å²) in [5.41, 5.74) is 2.22. The van der Waals surface area contributed by atoms with E-state index in [0.29, 0.717) is 26.2 Å². The van der Waals surface area contributed by atoms with Crippen molar-refractivity contribution in [3.63, 3.8) is 0 Å². The highest BCUT2D eigenvalue weighted by Gasteiger charge is 2.37. The molecule has 0 bridgehead atoms. The van der Waals surface area contributed by atoms with Crippen LogP contribution in [0, 0.1) is 0 Å². The quantitative estimate of drug-likeness (QED) is 0.829. The Labute approximate surface area is 155 Å². The standard InChI is InChI=1S/C22H27NO3/c1-25-20-10-6-5-9-19(20)22(13-15-26-16-14-22)17-23-21(24)12-11-18-7-3-2-4-8-18/h2-10H,11-17H2,1H3,(H,23,24). The molecule has 0 spiro atoms. The zero-order valence-corrected chi connectivity index (χ0v) is 15.4. The molecule has 0 aliphatic carbocycles. The van der Waals surface area contributed by atoms with Crippen molar-refractivity contribution in [3.8, 4) is 5.75 Å². The Morgan fingerprint density at radius 2 is 1.77 bits per heavy atom. The summed E-state index contributed by atoms with van der Waals surface area (Å²) < 4.78 is 11.2. The van der Waals surface area contributed by atoms with Crippen molar-refractivity contribution in [3.05, 3.63) is 65.7 Å². The summed E-state index contributed by atoms with van der Waals surface area (Å²) in [6.45, 7) is 2.03. The van der Waals surface area contributed by atoms with Crippen molar-refractivity contribution in [2.24, 2.45) is 0 Å². The lowest BCUT2D eigenvalue weighted by Crippen LogP contribution is -2.44. The second-order valence-electron chi connectivity index (χ2n) is 6.86. The molecular formula is C22H27NO3. The average molecular weight is 353 g/mol. The van der Waals surface area contributed by atoms with Gasteiger partial charge in [0.05, 0.1) is 7.11 Å². The molecule has 1 amide bonds. The molecule has 0 aromatic heterocycles. The second kappa shape index (κ2) is 8.86. The van der Waals surface area contributed by atoms with Crippen LogP contribution in [-0.2, 0) is 21.4 Å². The van der Waals surface area contributed by atoms with Crippen LogP contribution in [0.25, 0.3) is 0 Å². The summed E-state index contributed by atoms with van der Waals surface area (Å²) in [6.07, 6.45) is 3.03. The van der Waals surface area contributed by atoms with Crippen molar-refractivity contribution in [1.82, 2.24) is 5.32 Å². The monoisotopic (exact) mass is 353 g/mol. The normalized spacial score (nSPS) is 16.0. The summed E-state index contributed by atoms with van der Waals surface area (Å²) in [5, 5.41) is 3.16. The van der Waals surface area contributed by atoms with E-state index in [-0.39, 0.29) is 11.3 Å². The fourth-order valence-corrected chi connectivity index (χ4v) is 3.64. The van der Waals surface area contributed by atoms with E-state index in [0.717, 1.165) is 30.6 Å². The first kappa shape index (κ1) is 18.5. The van der Waals surface area contributed by atoms with Gasteiger partial charge < -0.3 is 14.8 Å². The SMILES string of the molecule is COc1ccccc1C1(CNC(=O)CCc2ccccc2)CCOCC1. The molecule has 0 atom stereocenters. The number of carbonyl (C=O) groups is 1. The van der Waals surface area contributed by atoms with Gasteiger partial charge in [-0.3, -0.25) is 4.79 Å². The molecule has 1 heterocycles. The minimum Gasteiger partial charge on any atom is -0.496 e. The number of ether oxygens (including phenoxy) is 2. The zero-order valence-electron chi connectivity index (χ0n) is 15.4. The molecule has 1 saturated heterocycles. The number of hydrogen-bond donors (Lipinski definition) is 1. The summed E-state index contributed by atoms with van der Waals surface area (Å²) >= 11 is 0. The molecule has 4 heteroatoms. The first-order valence-electron chi connectivity index (χ1n) is 9.25. The molecule has 2 aromatic carbocycles. The number of aryl methyl sites for hydroxylation is 1. The number of methoxy groups -OCH3 is 1. The number of rotatable bonds is 7. The molecular weight excluding hydrogens is 326 g/mol. The smallest absolute Gasteiger partial charge is 0.220 e. The summed E-state index contributed by atoms with van der Waals surface area (Å²) in [7, 11) is 1.70. The molecule has 0 radical (unpaired) electrons. The minimum atomic E-state index is -0.132. The van der Waals surface area contributed by atoms with Gasteiger partial charge in [0.1, 0.15) is 5.75 Å². The van der Waals surface area contributed by atoms with E-state index in [1.807, 2.05) is 36.4 Å². The van der Waals surface area contributed by atoms with Crippen molar-refractivity contribution in [2.75, 3.05) is 26.9 Å². The highest BCUT2D eigenvalue weighted by Crippen LogP contribution is 2.39. The van der Waals surface area contributed by atoms with Gasteiger partial charge in [0.15, 0.2) is 0 Å². The summed E-state index contributed by atoms with van der Waals surface area (Å²) in [5.74, 6) is 0.975. The molecule has 3 rings (SSSR count). The van der Waals surface area contributed by atoms with Gasteiger partial charge in [0, 0.05) is 37.2 Å². The lowest BCUT2D eigenvalue weighted by atomic mass is 9.73. The van der Waals surface area contributed by atoms with Gasteiger partial charge in [-0.1, -0.05) is 48.5 Å². The van der Waals surface area contributed by atoms with Crippen LogP contribution in [0.4, 0.5) is 0 Å². The molecule has 1 aliphatic rings. The predicted molar refractivity (Wildman–Crippen MR) is 102 cm³/mol. The van der Waals surface area contributed by atoms with E-state index in [9.17, 15) is 4.79 Å². The van der Waals surface area contributed by atoms with E-state index in [1.165, 1.54) is 5.56 Å². The van der Waals surface area contributed by atoms with Crippen LogP contribution in [0.15, 0.2) is 54.6 Å². The molecule has 1 fully saturated rings. The largest absolute Gasteiger partial charge is 0.496 e. The molecule has 0 saturated carbocycles. The van der Waals surface area contributed by atoms with Gasteiger partial charge in [0.2, 0.25) is 5.91 Å². The number of benzene rings is 2. The maximum atomic E-state index is 12.4. The number of hydrogen-bond acceptors (Lipinski definition) is 3. The number of para-hydroxylation sites is 1. The second-order valence-corrected chi connectivity index (χ2v) is 6.86. The molecule has 2 aromatic rings. The van der Waals surface area contributed by atoms with Crippen LogP contribution in [0.1, 0.15) is 30.4 Å². The first-order chi connectivity index (χ1) is 12.7. The highest BCUT2D eigenvalue weighted by atomic mass is 16.5. The van der Waals surface area contributed by atoms with E-state index in [1.54, 1.807) is 7.11 Å². The topological polar surface area (TPSA) is 47.6 Å². The van der Waals surface area contributed by atoms with Crippen LogP contribution < -0.4 is 10.1 Å². The van der Waals surface area contributed by atoms with Gasteiger partial charge in [-0.15, -0.1) is 0 Å². The third-order valence-electron chi connectivity index (χ3n) is 5.24. The van der Waals surface area contributed by atoms with Crippen molar-refractivity contribution >= 4 is 5.91 Å². The lowest BCUT2D eigenvalue weighted by Gasteiger charge is -2.38. The third kappa shape index (κ3) is 4.44. The van der Waals surface area contributed by atoms with Crippen LogP contribution in [0.3, 0.4) is 0 Å². The van der Waals surface area contributed by atoms with E-state index < -0.39 is 0 Å². The van der Waals surface area contributed by atoms with Crippen LogP contribution >= 0.6 is 0 Å². The number of nitrogens with one attached hydrogen (secondary N) is 1. The lowest BCUT2D eigenvalue weighted by molar-refractivity contribution is -0.121. The van der Waals surface area contributed by atoms with Crippen LogP contribution in [-0.4, -0.2) is 32.8 Å². The van der Waals surface area contributed by atoms with Gasteiger partial charge in [0.25, 0.3) is 0 Å². The van der Waals surface area contributed by atoms with E-state index >= 15 is 0 Å². The Kier molecular flexibility index (Phi) is 6.29. The number of amides is 1. The molecule has 0 unspecified atom stereocenters. The number of carbonyl (C=O) groups excluding carboxylic acids is 1. The zero-order chi connectivity index (χ0) is 18.2. The van der Waals surface area contributed by atoms with Crippen LogP contribution in [0.5, 0.6) is 5.75 Å². The van der Waals surface area contributed by atoms with E-state index in [2.05, 4.69) is 23.5 Å². The Morgan fingerprint density at radius 3 is 2.50 bits per heavy atom. The Morgan fingerprint density at radius 1 is 1.08 bits per heavy atom. The fourth-order valence-electron chi connectivity index (χ4n) is 3.64.